The summed E-state index contributed by atoms with van der Waals surface area (Å²) in [5, 5.41) is 18.5. The average molecular weight is 221 g/mol. The highest BCUT2D eigenvalue weighted by Gasteiger charge is 2.35. The van der Waals surface area contributed by atoms with Crippen LogP contribution in [0.2, 0.25) is 0 Å². The number of carboxylic acid groups (broad SMARTS) is 1. The molecule has 0 spiro atoms. The number of aliphatic carboxylic acids is 1. The first-order chi connectivity index (χ1) is 7.66. The number of carboxylic acids is 1. The molecule has 1 fully saturated rings. The van der Waals surface area contributed by atoms with E-state index in [1.54, 1.807) is 0 Å². The Morgan fingerprint density at radius 1 is 1.38 bits per heavy atom. The molecule has 2 atom stereocenters. The van der Waals surface area contributed by atoms with Crippen LogP contribution < -0.4 is 0 Å². The van der Waals surface area contributed by atoms with Crippen molar-refractivity contribution in [3.63, 3.8) is 0 Å². The lowest BCUT2D eigenvalue weighted by Gasteiger charge is -2.20. The fourth-order valence-corrected chi connectivity index (χ4v) is 2.13. The number of benzene rings is 1. The van der Waals surface area contributed by atoms with E-state index < -0.39 is 18.1 Å². The third-order valence-corrected chi connectivity index (χ3v) is 2.89. The van der Waals surface area contributed by atoms with Gasteiger partial charge in [0.05, 0.1) is 6.10 Å². The summed E-state index contributed by atoms with van der Waals surface area (Å²) in [6, 6.07) is 9.15. The summed E-state index contributed by atoms with van der Waals surface area (Å²) in [5.74, 6) is -0.854. The Morgan fingerprint density at radius 3 is 2.69 bits per heavy atom. The van der Waals surface area contributed by atoms with E-state index >= 15 is 0 Å². The predicted molar refractivity (Wildman–Crippen MR) is 58.9 cm³/mol. The average Bonchev–Trinajstić information content (AvgIpc) is 2.61. The molecule has 0 saturated carbocycles. The Labute approximate surface area is 94.1 Å². The molecule has 1 aliphatic rings. The van der Waals surface area contributed by atoms with E-state index in [1.165, 1.54) is 0 Å². The zero-order valence-electron chi connectivity index (χ0n) is 8.91. The van der Waals surface area contributed by atoms with Gasteiger partial charge in [0.15, 0.2) is 0 Å². The predicted octanol–water partition coefficient (Wildman–Crippen LogP) is 0.706. The quantitative estimate of drug-likeness (QED) is 0.789. The van der Waals surface area contributed by atoms with Crippen LogP contribution in [0.15, 0.2) is 30.3 Å². The Balaban J connectivity index is 2.06. The van der Waals surface area contributed by atoms with E-state index in [0.717, 1.165) is 5.56 Å². The molecule has 0 amide bonds. The molecule has 1 aliphatic heterocycles. The summed E-state index contributed by atoms with van der Waals surface area (Å²) in [4.78, 5) is 12.8. The maximum atomic E-state index is 11.0. The van der Waals surface area contributed by atoms with Crippen molar-refractivity contribution in [3.8, 4) is 0 Å². The third-order valence-electron chi connectivity index (χ3n) is 2.89. The minimum atomic E-state index is -0.854. The van der Waals surface area contributed by atoms with Gasteiger partial charge in [-0.1, -0.05) is 30.3 Å². The number of carbonyl (C=O) groups is 1. The lowest BCUT2D eigenvalue weighted by atomic mass is 10.2. The van der Waals surface area contributed by atoms with E-state index in [-0.39, 0.29) is 0 Å². The molecule has 0 aliphatic carbocycles. The molecule has 86 valence electrons. The SMILES string of the molecule is O=C(O)[C@@H]1C[C@H](O)CN1Cc1ccccc1. The number of nitrogens with zero attached hydrogens (tertiary/aromatic N) is 1. The molecule has 1 aromatic carbocycles. The summed E-state index contributed by atoms with van der Waals surface area (Å²) >= 11 is 0. The third kappa shape index (κ3) is 2.40. The lowest BCUT2D eigenvalue weighted by molar-refractivity contribution is -0.142. The molecule has 1 aromatic rings. The van der Waals surface area contributed by atoms with E-state index in [1.807, 2.05) is 35.2 Å². The van der Waals surface area contributed by atoms with E-state index in [9.17, 15) is 9.90 Å². The van der Waals surface area contributed by atoms with Crippen LogP contribution in [0.25, 0.3) is 0 Å². The molecule has 1 heterocycles. The van der Waals surface area contributed by atoms with Gasteiger partial charge in [-0.25, -0.2) is 0 Å². The van der Waals surface area contributed by atoms with E-state index in [2.05, 4.69) is 0 Å². The zero-order chi connectivity index (χ0) is 11.5. The Hall–Kier alpha value is -1.39. The molecule has 0 unspecified atom stereocenters. The molecule has 16 heavy (non-hydrogen) atoms. The molecular weight excluding hydrogens is 206 g/mol. The topological polar surface area (TPSA) is 60.8 Å². The molecule has 2 rings (SSSR count). The first kappa shape index (κ1) is 11.1. The van der Waals surface area contributed by atoms with Crippen LogP contribution in [0.1, 0.15) is 12.0 Å². The van der Waals surface area contributed by atoms with Gasteiger partial charge in [0, 0.05) is 19.5 Å². The van der Waals surface area contributed by atoms with Crippen molar-refractivity contribution >= 4 is 5.97 Å². The lowest BCUT2D eigenvalue weighted by Crippen LogP contribution is -2.35. The van der Waals surface area contributed by atoms with Crippen molar-refractivity contribution in [2.45, 2.75) is 25.1 Å². The first-order valence-corrected chi connectivity index (χ1v) is 5.35. The van der Waals surface area contributed by atoms with Gasteiger partial charge in [0.25, 0.3) is 0 Å². The Morgan fingerprint density at radius 2 is 2.06 bits per heavy atom. The number of rotatable bonds is 3. The summed E-state index contributed by atoms with van der Waals surface area (Å²) in [6.45, 7) is 1.01. The van der Waals surface area contributed by atoms with Crippen molar-refractivity contribution in [1.29, 1.82) is 0 Å². The van der Waals surface area contributed by atoms with Crippen LogP contribution >= 0.6 is 0 Å². The summed E-state index contributed by atoms with van der Waals surface area (Å²) < 4.78 is 0. The Kier molecular flexibility index (Phi) is 3.22. The van der Waals surface area contributed by atoms with Crippen molar-refractivity contribution in [1.82, 2.24) is 4.90 Å². The van der Waals surface area contributed by atoms with Gasteiger partial charge in [0.2, 0.25) is 0 Å². The van der Waals surface area contributed by atoms with Crippen molar-refractivity contribution in [3.05, 3.63) is 35.9 Å². The van der Waals surface area contributed by atoms with Crippen LogP contribution in [0.4, 0.5) is 0 Å². The number of hydrogen-bond acceptors (Lipinski definition) is 3. The summed E-state index contributed by atoms with van der Waals surface area (Å²) in [5.41, 5.74) is 1.07. The van der Waals surface area contributed by atoms with Gasteiger partial charge in [-0.05, 0) is 5.56 Å². The molecular formula is C12H15NO3. The van der Waals surface area contributed by atoms with Gasteiger partial charge in [0.1, 0.15) is 6.04 Å². The highest BCUT2D eigenvalue weighted by atomic mass is 16.4. The maximum absolute atomic E-state index is 11.0. The maximum Gasteiger partial charge on any atom is 0.321 e. The number of hydrogen-bond donors (Lipinski definition) is 2. The smallest absolute Gasteiger partial charge is 0.321 e. The first-order valence-electron chi connectivity index (χ1n) is 5.35. The van der Waals surface area contributed by atoms with Crippen LogP contribution in [-0.2, 0) is 11.3 Å². The second kappa shape index (κ2) is 4.63. The number of likely N-dealkylation sites (tertiary alicyclic amines) is 1. The molecule has 1 saturated heterocycles. The van der Waals surface area contributed by atoms with Crippen LogP contribution in [0, 0.1) is 0 Å². The van der Waals surface area contributed by atoms with Gasteiger partial charge in [-0.3, -0.25) is 9.69 Å². The van der Waals surface area contributed by atoms with Gasteiger partial charge >= 0.3 is 5.97 Å². The number of aliphatic hydroxyl groups excluding tert-OH is 1. The standard InChI is InChI=1S/C12H15NO3/c14-10-6-11(12(15)16)13(8-10)7-9-4-2-1-3-5-9/h1-5,10-11,14H,6-8H2,(H,15,16)/t10-,11-/m0/s1. The van der Waals surface area contributed by atoms with Crippen LogP contribution in [-0.4, -0.2) is 39.8 Å². The molecule has 2 N–H and O–H groups in total. The molecule has 4 heteroatoms. The summed E-state index contributed by atoms with van der Waals surface area (Å²) in [7, 11) is 0. The largest absolute Gasteiger partial charge is 0.480 e. The van der Waals surface area contributed by atoms with Gasteiger partial charge < -0.3 is 10.2 Å². The molecule has 0 bridgehead atoms. The van der Waals surface area contributed by atoms with Crippen molar-refractivity contribution < 1.29 is 15.0 Å². The minimum absolute atomic E-state index is 0.322. The van der Waals surface area contributed by atoms with E-state index in [4.69, 9.17) is 5.11 Å². The highest BCUT2D eigenvalue weighted by molar-refractivity contribution is 5.74. The second-order valence-electron chi connectivity index (χ2n) is 4.16. The second-order valence-corrected chi connectivity index (χ2v) is 4.16. The normalized spacial score (nSPS) is 25.8. The van der Waals surface area contributed by atoms with Crippen LogP contribution in [0.5, 0.6) is 0 Å². The van der Waals surface area contributed by atoms with Gasteiger partial charge in [-0.2, -0.15) is 0 Å². The fourth-order valence-electron chi connectivity index (χ4n) is 2.13. The van der Waals surface area contributed by atoms with Crippen LogP contribution in [0.3, 0.4) is 0 Å². The zero-order valence-corrected chi connectivity index (χ0v) is 8.91. The molecule has 0 aromatic heterocycles. The van der Waals surface area contributed by atoms with Crippen molar-refractivity contribution in [2.24, 2.45) is 0 Å². The highest BCUT2D eigenvalue weighted by Crippen LogP contribution is 2.20. The van der Waals surface area contributed by atoms with Crippen molar-refractivity contribution in [2.75, 3.05) is 6.54 Å². The monoisotopic (exact) mass is 221 g/mol. The summed E-state index contributed by atoms with van der Waals surface area (Å²) in [6.07, 6.45) is -0.202. The number of aliphatic hydroxyl groups is 1. The number of β-amino-alcohol motifs (C(OH)–C–C–N with tert-alkyl or cyclic N) is 1. The van der Waals surface area contributed by atoms with Gasteiger partial charge in [-0.15, -0.1) is 0 Å². The molecule has 0 radical (unpaired) electrons. The fraction of sp³-hybridized carbons (Fsp3) is 0.417. The Bertz CT molecular complexity index is 366. The minimum Gasteiger partial charge on any atom is -0.480 e. The molecule has 4 nitrogen and oxygen atoms in total. The van der Waals surface area contributed by atoms with E-state index in [0.29, 0.717) is 19.5 Å².